The topological polar surface area (TPSA) is 89.2 Å². The van der Waals surface area contributed by atoms with Crippen LogP contribution < -0.4 is 21.1 Å². The summed E-state index contributed by atoms with van der Waals surface area (Å²) in [5, 5.41) is 0. The number of ether oxygens (including phenoxy) is 1. The van der Waals surface area contributed by atoms with E-state index in [9.17, 15) is 4.39 Å². The summed E-state index contributed by atoms with van der Waals surface area (Å²) in [6.07, 6.45) is 5.04. The highest BCUT2D eigenvalue weighted by Crippen LogP contribution is 2.40. The fourth-order valence-corrected chi connectivity index (χ4v) is 3.82. The molecule has 1 heterocycles. The molecular weight excluding hydrogens is 345 g/mol. The molecular formula is C20H22FN5O. The lowest BCUT2D eigenvalue weighted by atomic mass is 9.87. The van der Waals surface area contributed by atoms with Crippen molar-refractivity contribution < 1.29 is 9.13 Å². The van der Waals surface area contributed by atoms with E-state index in [-0.39, 0.29) is 11.8 Å². The maximum Gasteiger partial charge on any atom is 0.220 e. The molecule has 140 valence electrons. The monoisotopic (exact) mass is 367 g/mol. The van der Waals surface area contributed by atoms with Crippen LogP contribution in [0.1, 0.15) is 32.1 Å². The van der Waals surface area contributed by atoms with Gasteiger partial charge in [-0.2, -0.15) is 4.99 Å². The van der Waals surface area contributed by atoms with Crippen LogP contribution in [-0.4, -0.2) is 17.6 Å². The van der Waals surface area contributed by atoms with Crippen molar-refractivity contribution in [2.45, 2.75) is 37.8 Å². The van der Waals surface area contributed by atoms with Gasteiger partial charge in [0.15, 0.2) is 0 Å². The summed E-state index contributed by atoms with van der Waals surface area (Å²) in [5.74, 6) is 1.44. The molecule has 1 fully saturated rings. The number of nitrogens with zero attached hydrogens (tertiary/aromatic N) is 3. The lowest BCUT2D eigenvalue weighted by Crippen LogP contribution is -2.58. The van der Waals surface area contributed by atoms with Gasteiger partial charge in [-0.15, -0.1) is 0 Å². The van der Waals surface area contributed by atoms with Gasteiger partial charge in [-0.3, -0.25) is 4.90 Å². The number of benzene rings is 2. The van der Waals surface area contributed by atoms with Crippen LogP contribution in [0.25, 0.3) is 0 Å². The minimum Gasteiger partial charge on any atom is -0.457 e. The summed E-state index contributed by atoms with van der Waals surface area (Å²) in [6, 6.07) is 13.5. The fourth-order valence-electron chi connectivity index (χ4n) is 3.82. The first-order valence-electron chi connectivity index (χ1n) is 9.09. The maximum atomic E-state index is 13.1. The Morgan fingerprint density at radius 1 is 0.963 bits per heavy atom. The molecule has 0 aromatic heterocycles. The van der Waals surface area contributed by atoms with E-state index in [1.807, 2.05) is 29.2 Å². The summed E-state index contributed by atoms with van der Waals surface area (Å²) in [4.78, 5) is 10.8. The SMILES string of the molecule is NC1=NC2(CCCCC2)N(c2cccc(Oc3ccc(F)cc3)c2)C(N)=N1. The van der Waals surface area contributed by atoms with E-state index in [0.717, 1.165) is 31.4 Å². The highest BCUT2D eigenvalue weighted by atomic mass is 19.1. The second-order valence-corrected chi connectivity index (χ2v) is 6.87. The number of guanidine groups is 2. The average Bonchev–Trinajstić information content (AvgIpc) is 2.64. The second-order valence-electron chi connectivity index (χ2n) is 6.87. The van der Waals surface area contributed by atoms with Crippen molar-refractivity contribution in [3.8, 4) is 11.5 Å². The molecule has 0 amide bonds. The molecule has 4 N–H and O–H groups in total. The number of hydrogen-bond acceptors (Lipinski definition) is 6. The van der Waals surface area contributed by atoms with Crippen molar-refractivity contribution in [2.24, 2.45) is 21.5 Å². The van der Waals surface area contributed by atoms with Gasteiger partial charge in [0.1, 0.15) is 23.0 Å². The van der Waals surface area contributed by atoms with E-state index < -0.39 is 5.66 Å². The van der Waals surface area contributed by atoms with Crippen molar-refractivity contribution in [2.75, 3.05) is 4.90 Å². The molecule has 0 unspecified atom stereocenters. The number of nitrogens with two attached hydrogens (primary N) is 2. The molecule has 6 nitrogen and oxygen atoms in total. The lowest BCUT2D eigenvalue weighted by Gasteiger charge is -2.45. The molecule has 27 heavy (non-hydrogen) atoms. The predicted molar refractivity (Wildman–Crippen MR) is 104 cm³/mol. The van der Waals surface area contributed by atoms with Crippen LogP contribution in [0, 0.1) is 5.82 Å². The first-order valence-corrected chi connectivity index (χ1v) is 9.09. The van der Waals surface area contributed by atoms with Crippen molar-refractivity contribution in [3.63, 3.8) is 0 Å². The van der Waals surface area contributed by atoms with E-state index >= 15 is 0 Å². The molecule has 0 atom stereocenters. The fraction of sp³-hybridized carbons (Fsp3) is 0.300. The molecule has 1 aliphatic carbocycles. The van der Waals surface area contributed by atoms with Gasteiger partial charge in [-0.05, 0) is 62.1 Å². The quantitative estimate of drug-likeness (QED) is 0.865. The van der Waals surface area contributed by atoms with Gasteiger partial charge in [0.2, 0.25) is 11.9 Å². The van der Waals surface area contributed by atoms with Crippen LogP contribution in [0.15, 0.2) is 58.5 Å². The number of aliphatic imine (C=N–C) groups is 2. The first-order chi connectivity index (χ1) is 13.1. The average molecular weight is 367 g/mol. The Morgan fingerprint density at radius 2 is 1.70 bits per heavy atom. The van der Waals surface area contributed by atoms with Crippen LogP contribution in [0.3, 0.4) is 0 Å². The Labute approximate surface area is 157 Å². The first kappa shape index (κ1) is 17.3. The largest absolute Gasteiger partial charge is 0.457 e. The molecule has 7 heteroatoms. The molecule has 1 saturated carbocycles. The zero-order valence-electron chi connectivity index (χ0n) is 14.9. The highest BCUT2D eigenvalue weighted by Gasteiger charge is 2.42. The van der Waals surface area contributed by atoms with Gasteiger partial charge in [0.05, 0.1) is 0 Å². The molecule has 2 aromatic carbocycles. The number of rotatable bonds is 3. The van der Waals surface area contributed by atoms with E-state index in [1.165, 1.54) is 18.6 Å². The van der Waals surface area contributed by atoms with Crippen LogP contribution in [0.4, 0.5) is 10.1 Å². The predicted octanol–water partition coefficient (Wildman–Crippen LogP) is 3.73. The van der Waals surface area contributed by atoms with E-state index in [4.69, 9.17) is 16.2 Å². The van der Waals surface area contributed by atoms with Crippen molar-refractivity contribution in [1.82, 2.24) is 0 Å². The van der Waals surface area contributed by atoms with Gasteiger partial charge < -0.3 is 16.2 Å². The van der Waals surface area contributed by atoms with Crippen LogP contribution in [0.2, 0.25) is 0 Å². The van der Waals surface area contributed by atoms with Crippen molar-refractivity contribution in [1.29, 1.82) is 0 Å². The van der Waals surface area contributed by atoms with Gasteiger partial charge in [0.25, 0.3) is 0 Å². The van der Waals surface area contributed by atoms with E-state index in [1.54, 1.807) is 12.1 Å². The molecule has 0 bridgehead atoms. The number of halogens is 1. The summed E-state index contributed by atoms with van der Waals surface area (Å²) >= 11 is 0. The molecule has 0 saturated heterocycles. The standard InChI is InChI=1S/C20H22FN5O/c21-14-7-9-16(10-8-14)27-17-6-4-5-15(13-17)26-19(23)24-18(22)25-20(26)11-2-1-3-12-20/h4-10,13H,1-3,11-12H2,(H4,22,23,24,25). The normalized spacial score (nSPS) is 18.8. The Morgan fingerprint density at radius 3 is 2.44 bits per heavy atom. The molecule has 0 radical (unpaired) electrons. The smallest absolute Gasteiger partial charge is 0.220 e. The molecule has 4 rings (SSSR count). The van der Waals surface area contributed by atoms with Gasteiger partial charge >= 0.3 is 0 Å². The third kappa shape index (κ3) is 3.45. The number of anilines is 1. The Bertz CT molecular complexity index is 888. The zero-order valence-corrected chi connectivity index (χ0v) is 14.9. The minimum atomic E-state index is -0.497. The van der Waals surface area contributed by atoms with E-state index in [2.05, 4.69) is 9.98 Å². The Balaban J connectivity index is 1.67. The third-order valence-electron chi connectivity index (χ3n) is 4.98. The highest BCUT2D eigenvalue weighted by molar-refractivity contribution is 6.05. The zero-order chi connectivity index (χ0) is 18.9. The maximum absolute atomic E-state index is 13.1. The second kappa shape index (κ2) is 6.90. The van der Waals surface area contributed by atoms with Gasteiger partial charge in [0, 0.05) is 11.8 Å². The Hall–Kier alpha value is -3.09. The molecule has 2 aromatic rings. The van der Waals surface area contributed by atoms with Gasteiger partial charge in [-0.25, -0.2) is 9.38 Å². The van der Waals surface area contributed by atoms with Crippen LogP contribution in [-0.2, 0) is 0 Å². The lowest BCUT2D eigenvalue weighted by molar-refractivity contribution is 0.305. The minimum absolute atomic E-state index is 0.226. The third-order valence-corrected chi connectivity index (χ3v) is 4.98. The van der Waals surface area contributed by atoms with Crippen molar-refractivity contribution in [3.05, 3.63) is 54.3 Å². The number of hydrogen-bond donors (Lipinski definition) is 2. The molecule has 1 aliphatic heterocycles. The van der Waals surface area contributed by atoms with Crippen LogP contribution in [0.5, 0.6) is 11.5 Å². The van der Waals surface area contributed by atoms with Gasteiger partial charge in [-0.1, -0.05) is 12.5 Å². The summed E-state index contributed by atoms with van der Waals surface area (Å²) < 4.78 is 19.0. The summed E-state index contributed by atoms with van der Waals surface area (Å²) in [5.41, 5.74) is 12.5. The molecule has 2 aliphatic rings. The summed E-state index contributed by atoms with van der Waals surface area (Å²) in [6.45, 7) is 0. The summed E-state index contributed by atoms with van der Waals surface area (Å²) in [7, 11) is 0. The van der Waals surface area contributed by atoms with Crippen LogP contribution >= 0.6 is 0 Å². The van der Waals surface area contributed by atoms with E-state index in [0.29, 0.717) is 17.5 Å². The van der Waals surface area contributed by atoms with Crippen molar-refractivity contribution >= 4 is 17.6 Å². The Kier molecular flexibility index (Phi) is 4.43. The molecule has 1 spiro atoms.